The Morgan fingerprint density at radius 1 is 1.20 bits per heavy atom. The fraction of sp³-hybridized carbons (Fsp3) is 0.0476. The quantitative estimate of drug-likeness (QED) is 0.326. The van der Waals surface area contributed by atoms with E-state index in [1.165, 1.54) is 24.5 Å². The Balaban J connectivity index is 1.60. The summed E-state index contributed by atoms with van der Waals surface area (Å²) in [5.74, 6) is 1.13. The van der Waals surface area contributed by atoms with Crippen molar-refractivity contribution in [1.29, 1.82) is 0 Å². The summed E-state index contributed by atoms with van der Waals surface area (Å²) in [6.45, 7) is 0. The summed E-state index contributed by atoms with van der Waals surface area (Å²) in [6.07, 6.45) is 1.62. The molecule has 8 nitrogen and oxygen atoms in total. The van der Waals surface area contributed by atoms with Gasteiger partial charge in [-0.3, -0.25) is 14.9 Å². The Kier molecular flexibility index (Phi) is 4.11. The Morgan fingerprint density at radius 3 is 2.83 bits per heavy atom. The largest absolute Gasteiger partial charge is 0.497 e. The van der Waals surface area contributed by atoms with Gasteiger partial charge in [0.25, 0.3) is 11.2 Å². The van der Waals surface area contributed by atoms with Crippen LogP contribution in [0.3, 0.4) is 0 Å². The normalized spacial score (nSPS) is 12.1. The van der Waals surface area contributed by atoms with Gasteiger partial charge < -0.3 is 9.15 Å². The number of fused-ring (bicyclic) bond motifs is 3. The molecule has 0 unspecified atom stereocenters. The summed E-state index contributed by atoms with van der Waals surface area (Å²) in [7, 11) is 1.44. The maximum Gasteiger partial charge on any atom is 0.284 e. The lowest BCUT2D eigenvalue weighted by atomic mass is 10.1. The van der Waals surface area contributed by atoms with Gasteiger partial charge in [0.2, 0.25) is 0 Å². The van der Waals surface area contributed by atoms with Crippen molar-refractivity contribution in [2.45, 2.75) is 0 Å². The fourth-order valence-corrected chi connectivity index (χ4v) is 4.28. The highest BCUT2D eigenvalue weighted by Gasteiger charge is 2.19. The van der Waals surface area contributed by atoms with Crippen molar-refractivity contribution in [3.05, 3.63) is 85.4 Å². The maximum atomic E-state index is 12.9. The standard InChI is InChI=1S/C21H13N3O5S/c1-28-12-6-8-14(17(10-12)24(26)27)18-9-7-13(29-18)11-19-20(25)23-16-5-3-2-4-15(16)22-21(23)30-19/h2-11H,1H3/b19-11-. The number of nitro benzene ring substituents is 1. The molecule has 5 rings (SSSR count). The van der Waals surface area contributed by atoms with E-state index in [0.29, 0.717) is 32.3 Å². The molecule has 0 spiro atoms. The number of furan rings is 1. The van der Waals surface area contributed by atoms with Crippen LogP contribution in [0.25, 0.3) is 33.4 Å². The predicted molar refractivity (Wildman–Crippen MR) is 113 cm³/mol. The molecule has 9 heteroatoms. The Morgan fingerprint density at radius 2 is 2.03 bits per heavy atom. The van der Waals surface area contributed by atoms with Crippen molar-refractivity contribution < 1.29 is 14.1 Å². The smallest absolute Gasteiger partial charge is 0.284 e. The SMILES string of the molecule is COc1ccc(-c2ccc(/C=c3\sc4nc5ccccc5n4c3=O)o2)c([N+](=O)[O-])c1. The number of hydrogen-bond donors (Lipinski definition) is 0. The minimum absolute atomic E-state index is 0.124. The minimum atomic E-state index is -0.487. The number of nitro groups is 1. The molecule has 3 heterocycles. The van der Waals surface area contributed by atoms with Gasteiger partial charge in [0, 0.05) is 6.08 Å². The number of nitrogens with zero attached hydrogens (tertiary/aromatic N) is 3. The number of imidazole rings is 1. The first-order valence-electron chi connectivity index (χ1n) is 8.89. The molecule has 0 atom stereocenters. The van der Waals surface area contributed by atoms with E-state index in [1.807, 2.05) is 24.3 Å². The van der Waals surface area contributed by atoms with Crippen molar-refractivity contribution in [2.75, 3.05) is 7.11 Å². The van der Waals surface area contributed by atoms with Gasteiger partial charge in [-0.15, -0.1) is 0 Å². The molecule has 0 aliphatic carbocycles. The monoisotopic (exact) mass is 419 g/mol. The second kappa shape index (κ2) is 6.82. The molecule has 2 aromatic carbocycles. The Bertz CT molecular complexity index is 1550. The van der Waals surface area contributed by atoms with Gasteiger partial charge in [0.1, 0.15) is 21.8 Å². The first-order chi connectivity index (χ1) is 14.5. The van der Waals surface area contributed by atoms with Crippen LogP contribution < -0.4 is 14.8 Å². The van der Waals surface area contributed by atoms with Crippen LogP contribution in [0.2, 0.25) is 0 Å². The molecule has 0 radical (unpaired) electrons. The molecule has 0 amide bonds. The predicted octanol–water partition coefficient (Wildman–Crippen LogP) is 3.63. The molecule has 0 N–H and O–H groups in total. The van der Waals surface area contributed by atoms with E-state index in [-0.39, 0.29) is 11.2 Å². The number of ether oxygens (including phenoxy) is 1. The van der Waals surface area contributed by atoms with E-state index in [4.69, 9.17) is 9.15 Å². The third kappa shape index (κ3) is 2.83. The van der Waals surface area contributed by atoms with Crippen LogP contribution in [0.4, 0.5) is 5.69 Å². The van der Waals surface area contributed by atoms with Gasteiger partial charge in [-0.05, 0) is 36.4 Å². The summed E-state index contributed by atoms with van der Waals surface area (Å²) in [5.41, 5.74) is 1.54. The molecule has 3 aromatic heterocycles. The lowest BCUT2D eigenvalue weighted by molar-refractivity contribution is -0.384. The third-order valence-electron chi connectivity index (χ3n) is 4.71. The van der Waals surface area contributed by atoms with Crippen molar-refractivity contribution in [3.63, 3.8) is 0 Å². The summed E-state index contributed by atoms with van der Waals surface area (Å²) < 4.78 is 12.9. The van der Waals surface area contributed by atoms with Crippen LogP contribution in [0, 0.1) is 10.1 Å². The van der Waals surface area contributed by atoms with Crippen LogP contribution >= 0.6 is 11.3 Å². The van der Waals surface area contributed by atoms with Gasteiger partial charge in [-0.1, -0.05) is 23.5 Å². The second-order valence-corrected chi connectivity index (χ2v) is 7.49. The number of thiazole rings is 1. The highest BCUT2D eigenvalue weighted by Crippen LogP contribution is 2.34. The molecule has 0 saturated carbocycles. The van der Waals surface area contributed by atoms with E-state index in [0.717, 1.165) is 11.0 Å². The summed E-state index contributed by atoms with van der Waals surface area (Å²) in [5, 5.41) is 11.4. The molecule has 148 valence electrons. The number of para-hydroxylation sites is 2. The van der Waals surface area contributed by atoms with Crippen LogP contribution in [0.5, 0.6) is 5.75 Å². The van der Waals surface area contributed by atoms with Gasteiger partial charge in [0.15, 0.2) is 4.96 Å². The number of hydrogen-bond acceptors (Lipinski definition) is 7. The van der Waals surface area contributed by atoms with E-state index in [9.17, 15) is 14.9 Å². The van der Waals surface area contributed by atoms with Crippen LogP contribution in [-0.4, -0.2) is 21.4 Å². The number of rotatable bonds is 4. The first-order valence-corrected chi connectivity index (χ1v) is 9.71. The summed E-state index contributed by atoms with van der Waals surface area (Å²) in [4.78, 5) is 28.9. The summed E-state index contributed by atoms with van der Waals surface area (Å²) >= 11 is 1.26. The zero-order valence-corrected chi connectivity index (χ0v) is 16.4. The van der Waals surface area contributed by atoms with Crippen molar-refractivity contribution in [2.24, 2.45) is 0 Å². The van der Waals surface area contributed by atoms with Crippen LogP contribution in [-0.2, 0) is 0 Å². The zero-order chi connectivity index (χ0) is 20.8. The lowest BCUT2D eigenvalue weighted by Crippen LogP contribution is -2.22. The molecular weight excluding hydrogens is 406 g/mol. The molecule has 0 saturated heterocycles. The number of aromatic nitrogens is 2. The second-order valence-electron chi connectivity index (χ2n) is 6.48. The fourth-order valence-electron chi connectivity index (χ4n) is 3.31. The van der Waals surface area contributed by atoms with Gasteiger partial charge >= 0.3 is 0 Å². The van der Waals surface area contributed by atoms with E-state index in [1.54, 1.807) is 34.7 Å². The first kappa shape index (κ1) is 18.1. The van der Waals surface area contributed by atoms with Gasteiger partial charge in [0.05, 0.1) is 34.7 Å². The van der Waals surface area contributed by atoms with Gasteiger partial charge in [-0.25, -0.2) is 9.38 Å². The van der Waals surface area contributed by atoms with E-state index in [2.05, 4.69) is 4.98 Å². The van der Waals surface area contributed by atoms with Crippen molar-refractivity contribution in [3.8, 4) is 17.1 Å². The Labute approximate surface area is 172 Å². The molecule has 0 bridgehead atoms. The topological polar surface area (TPSA) is 99.9 Å². The van der Waals surface area contributed by atoms with E-state index >= 15 is 0 Å². The number of methoxy groups -OCH3 is 1. The van der Waals surface area contributed by atoms with Crippen LogP contribution in [0.1, 0.15) is 5.76 Å². The lowest BCUT2D eigenvalue weighted by Gasteiger charge is -2.03. The minimum Gasteiger partial charge on any atom is -0.497 e. The molecule has 0 aliphatic rings. The van der Waals surface area contributed by atoms with E-state index < -0.39 is 4.92 Å². The highest BCUT2D eigenvalue weighted by atomic mass is 32.1. The Hall–Kier alpha value is -3.98. The average Bonchev–Trinajstić information content (AvgIpc) is 3.43. The average molecular weight is 419 g/mol. The summed E-state index contributed by atoms with van der Waals surface area (Å²) in [6, 6.07) is 15.3. The highest BCUT2D eigenvalue weighted by molar-refractivity contribution is 7.15. The molecule has 5 aromatic rings. The molecule has 30 heavy (non-hydrogen) atoms. The van der Waals surface area contributed by atoms with Crippen molar-refractivity contribution >= 4 is 39.1 Å². The molecular formula is C21H13N3O5S. The third-order valence-corrected chi connectivity index (χ3v) is 5.68. The molecule has 0 fully saturated rings. The van der Waals surface area contributed by atoms with Gasteiger partial charge in [-0.2, -0.15) is 0 Å². The van der Waals surface area contributed by atoms with Crippen molar-refractivity contribution in [1.82, 2.24) is 9.38 Å². The van der Waals surface area contributed by atoms with Crippen LogP contribution in [0.15, 0.2) is 63.8 Å². The number of benzene rings is 2. The molecule has 0 aliphatic heterocycles. The zero-order valence-electron chi connectivity index (χ0n) is 15.6. The maximum absolute atomic E-state index is 12.9.